The zero-order chi connectivity index (χ0) is 15.0. The van der Waals surface area contributed by atoms with E-state index in [1.807, 2.05) is 17.7 Å². The lowest BCUT2D eigenvalue weighted by atomic mass is 10.2. The van der Waals surface area contributed by atoms with Crippen LogP contribution in [0.1, 0.15) is 35.4 Å². The molecule has 5 heteroatoms. The molecule has 1 N–H and O–H groups in total. The van der Waals surface area contributed by atoms with Gasteiger partial charge >= 0.3 is 0 Å². The van der Waals surface area contributed by atoms with Crippen LogP contribution in [0, 0.1) is 19.7 Å². The van der Waals surface area contributed by atoms with E-state index in [1.165, 1.54) is 24.5 Å². The summed E-state index contributed by atoms with van der Waals surface area (Å²) in [7, 11) is 0. The van der Waals surface area contributed by atoms with Gasteiger partial charge in [0.25, 0.3) is 0 Å². The molecule has 1 heterocycles. The van der Waals surface area contributed by atoms with Crippen LogP contribution in [0.4, 0.5) is 4.39 Å². The maximum Gasteiger partial charge on any atom is 0.142 e. The number of aryl methyl sites for hydroxylation is 1. The first-order valence-corrected chi connectivity index (χ1v) is 7.62. The summed E-state index contributed by atoms with van der Waals surface area (Å²) < 4.78 is 15.4. The fraction of sp³-hybridized carbons (Fsp3) is 0.438. The first-order valence-electron chi connectivity index (χ1n) is 7.25. The lowest BCUT2D eigenvalue weighted by Gasteiger charge is -2.07. The van der Waals surface area contributed by atoms with Crippen molar-refractivity contribution in [3.8, 4) is 0 Å². The molecule has 1 aromatic heterocycles. The van der Waals surface area contributed by atoms with E-state index in [4.69, 9.17) is 11.6 Å². The van der Waals surface area contributed by atoms with Gasteiger partial charge in [-0.2, -0.15) is 5.10 Å². The summed E-state index contributed by atoms with van der Waals surface area (Å²) in [4.78, 5) is 0. The van der Waals surface area contributed by atoms with E-state index in [0.717, 1.165) is 23.5 Å². The highest BCUT2D eigenvalue weighted by Crippen LogP contribution is 2.22. The Morgan fingerprint density at radius 3 is 2.81 bits per heavy atom. The van der Waals surface area contributed by atoms with Gasteiger partial charge in [-0.3, -0.25) is 4.68 Å². The van der Waals surface area contributed by atoms with Crippen LogP contribution in [0.15, 0.2) is 18.2 Å². The van der Waals surface area contributed by atoms with Crippen molar-refractivity contribution in [3.63, 3.8) is 0 Å². The number of hydrogen-bond donors (Lipinski definition) is 1. The molecule has 2 aromatic rings. The Balaban J connectivity index is 1.78. The maximum absolute atomic E-state index is 13.5. The van der Waals surface area contributed by atoms with E-state index in [-0.39, 0.29) is 10.8 Å². The van der Waals surface area contributed by atoms with Gasteiger partial charge in [-0.25, -0.2) is 4.39 Å². The smallest absolute Gasteiger partial charge is 0.142 e. The van der Waals surface area contributed by atoms with E-state index >= 15 is 0 Å². The predicted octanol–water partition coefficient (Wildman–Crippen LogP) is 3.59. The monoisotopic (exact) mass is 307 g/mol. The SMILES string of the molecule is Cc1nn(Cc2ccc(Cl)c(F)c2)c(C)c1CNC1CC1. The number of halogens is 2. The van der Waals surface area contributed by atoms with Crippen molar-refractivity contribution in [2.45, 2.75) is 45.8 Å². The molecular formula is C16H19ClFN3. The number of nitrogens with one attached hydrogen (secondary N) is 1. The molecule has 0 radical (unpaired) electrons. The normalized spacial score (nSPS) is 14.7. The van der Waals surface area contributed by atoms with Gasteiger partial charge in [-0.05, 0) is 44.4 Å². The fourth-order valence-corrected chi connectivity index (χ4v) is 2.61. The summed E-state index contributed by atoms with van der Waals surface area (Å²) in [5, 5.41) is 8.25. The van der Waals surface area contributed by atoms with E-state index in [9.17, 15) is 4.39 Å². The van der Waals surface area contributed by atoms with Crippen LogP contribution >= 0.6 is 11.6 Å². The first kappa shape index (κ1) is 14.5. The van der Waals surface area contributed by atoms with E-state index in [0.29, 0.717) is 12.6 Å². The summed E-state index contributed by atoms with van der Waals surface area (Å²) in [6.45, 7) is 5.51. The van der Waals surface area contributed by atoms with Crippen LogP contribution < -0.4 is 5.32 Å². The molecule has 0 atom stereocenters. The van der Waals surface area contributed by atoms with Gasteiger partial charge in [0.05, 0.1) is 17.3 Å². The van der Waals surface area contributed by atoms with E-state index in [1.54, 1.807) is 6.07 Å². The summed E-state index contributed by atoms with van der Waals surface area (Å²) in [5.41, 5.74) is 4.28. The number of rotatable bonds is 5. The topological polar surface area (TPSA) is 29.9 Å². The molecular weight excluding hydrogens is 289 g/mol. The Kier molecular flexibility index (Phi) is 4.00. The fourth-order valence-electron chi connectivity index (χ4n) is 2.49. The Hall–Kier alpha value is -1.39. The molecule has 21 heavy (non-hydrogen) atoms. The highest BCUT2D eigenvalue weighted by atomic mass is 35.5. The lowest BCUT2D eigenvalue weighted by Crippen LogP contribution is -2.16. The van der Waals surface area contributed by atoms with Gasteiger partial charge in [-0.15, -0.1) is 0 Å². The quantitative estimate of drug-likeness (QED) is 0.915. The van der Waals surface area contributed by atoms with Crippen LogP contribution in [0.2, 0.25) is 5.02 Å². The maximum atomic E-state index is 13.5. The van der Waals surface area contributed by atoms with Gasteiger partial charge in [0.2, 0.25) is 0 Å². The van der Waals surface area contributed by atoms with Crippen LogP contribution in [-0.2, 0) is 13.1 Å². The zero-order valence-electron chi connectivity index (χ0n) is 12.3. The summed E-state index contributed by atoms with van der Waals surface area (Å²) in [6.07, 6.45) is 2.55. The van der Waals surface area contributed by atoms with Gasteiger partial charge in [0.1, 0.15) is 5.82 Å². The molecule has 0 bridgehead atoms. The van der Waals surface area contributed by atoms with Crippen LogP contribution in [0.5, 0.6) is 0 Å². The first-order chi connectivity index (χ1) is 10.0. The highest BCUT2D eigenvalue weighted by molar-refractivity contribution is 6.30. The van der Waals surface area contributed by atoms with Crippen molar-refractivity contribution in [1.82, 2.24) is 15.1 Å². The average molecular weight is 308 g/mol. The third-order valence-electron chi connectivity index (χ3n) is 3.99. The van der Waals surface area contributed by atoms with Crippen molar-refractivity contribution in [2.24, 2.45) is 0 Å². The average Bonchev–Trinajstić information content (AvgIpc) is 3.22. The summed E-state index contributed by atoms with van der Waals surface area (Å²) in [6, 6.07) is 5.58. The summed E-state index contributed by atoms with van der Waals surface area (Å²) in [5.74, 6) is -0.383. The van der Waals surface area contributed by atoms with Gasteiger partial charge in [0, 0.05) is 23.8 Å². The zero-order valence-corrected chi connectivity index (χ0v) is 13.0. The Bertz CT molecular complexity index is 662. The number of nitrogens with zero attached hydrogens (tertiary/aromatic N) is 2. The van der Waals surface area contributed by atoms with E-state index in [2.05, 4.69) is 17.3 Å². The van der Waals surface area contributed by atoms with Crippen molar-refractivity contribution in [1.29, 1.82) is 0 Å². The largest absolute Gasteiger partial charge is 0.310 e. The van der Waals surface area contributed by atoms with Crippen LogP contribution in [0.3, 0.4) is 0 Å². The van der Waals surface area contributed by atoms with Crippen LogP contribution in [0.25, 0.3) is 0 Å². The molecule has 0 unspecified atom stereocenters. The Morgan fingerprint density at radius 2 is 2.14 bits per heavy atom. The third-order valence-corrected chi connectivity index (χ3v) is 4.30. The standard InChI is InChI=1S/C16H19ClFN3/c1-10-14(8-19-13-4-5-13)11(2)21(20-10)9-12-3-6-15(17)16(18)7-12/h3,6-7,13,19H,4-5,8-9H2,1-2H3. The van der Waals surface area contributed by atoms with Crippen molar-refractivity contribution < 1.29 is 4.39 Å². The second kappa shape index (κ2) is 5.78. The van der Waals surface area contributed by atoms with Crippen LogP contribution in [-0.4, -0.2) is 15.8 Å². The number of benzene rings is 1. The predicted molar refractivity (Wildman–Crippen MR) is 82.1 cm³/mol. The number of aromatic nitrogens is 2. The van der Waals surface area contributed by atoms with E-state index < -0.39 is 0 Å². The summed E-state index contributed by atoms with van der Waals surface area (Å²) >= 11 is 5.72. The highest BCUT2D eigenvalue weighted by Gasteiger charge is 2.21. The van der Waals surface area contributed by atoms with Gasteiger partial charge < -0.3 is 5.32 Å². The van der Waals surface area contributed by atoms with Gasteiger partial charge in [-0.1, -0.05) is 17.7 Å². The lowest BCUT2D eigenvalue weighted by molar-refractivity contribution is 0.615. The minimum Gasteiger partial charge on any atom is -0.310 e. The third kappa shape index (κ3) is 3.27. The molecule has 1 fully saturated rings. The second-order valence-corrected chi connectivity index (χ2v) is 6.12. The molecule has 0 spiro atoms. The molecule has 1 aliphatic carbocycles. The Labute approximate surface area is 129 Å². The van der Waals surface area contributed by atoms with Crippen molar-refractivity contribution in [2.75, 3.05) is 0 Å². The minimum absolute atomic E-state index is 0.154. The molecule has 1 aromatic carbocycles. The molecule has 1 saturated carbocycles. The molecule has 3 nitrogen and oxygen atoms in total. The van der Waals surface area contributed by atoms with Crippen molar-refractivity contribution >= 4 is 11.6 Å². The minimum atomic E-state index is -0.383. The number of hydrogen-bond acceptors (Lipinski definition) is 2. The van der Waals surface area contributed by atoms with Gasteiger partial charge in [0.15, 0.2) is 0 Å². The molecule has 0 saturated heterocycles. The molecule has 3 rings (SSSR count). The molecule has 0 aliphatic heterocycles. The van der Waals surface area contributed by atoms with Crippen molar-refractivity contribution in [3.05, 3.63) is 51.6 Å². The Morgan fingerprint density at radius 1 is 1.38 bits per heavy atom. The molecule has 1 aliphatic rings. The molecule has 112 valence electrons. The second-order valence-electron chi connectivity index (χ2n) is 5.71. The molecule has 0 amide bonds.